The minimum Gasteiger partial charge on any atom is -0.354 e. The van der Waals surface area contributed by atoms with E-state index in [1.165, 1.54) is 11.8 Å². The van der Waals surface area contributed by atoms with Gasteiger partial charge in [-0.25, -0.2) is 0 Å². The number of fused-ring (bicyclic) bond motifs is 1. The van der Waals surface area contributed by atoms with Crippen molar-refractivity contribution in [3.05, 3.63) is 98.3 Å². The molecule has 0 saturated carbocycles. The maximum absolute atomic E-state index is 13.3. The van der Waals surface area contributed by atoms with Crippen LogP contribution in [0.5, 0.6) is 0 Å². The lowest BCUT2D eigenvalue weighted by atomic mass is 10.1. The molecule has 1 aliphatic rings. The third kappa shape index (κ3) is 5.63. The van der Waals surface area contributed by atoms with Crippen molar-refractivity contribution >= 4 is 62.9 Å². The van der Waals surface area contributed by atoms with E-state index in [0.29, 0.717) is 22.9 Å². The summed E-state index contributed by atoms with van der Waals surface area (Å²) < 4.78 is 0.942. The molecule has 1 N–H and O–H groups in total. The summed E-state index contributed by atoms with van der Waals surface area (Å²) in [5.41, 5.74) is 2.76. The van der Waals surface area contributed by atoms with Crippen LogP contribution in [-0.2, 0) is 16.0 Å². The molecule has 0 unspecified atom stereocenters. The van der Waals surface area contributed by atoms with Crippen molar-refractivity contribution in [2.75, 3.05) is 18.0 Å². The number of hydrogen-bond donors (Lipinski definition) is 1. The predicted octanol–water partition coefficient (Wildman–Crippen LogP) is 5.94. The van der Waals surface area contributed by atoms with Gasteiger partial charge in [-0.1, -0.05) is 75.7 Å². The van der Waals surface area contributed by atoms with Gasteiger partial charge in [-0.05, 0) is 60.0 Å². The van der Waals surface area contributed by atoms with Gasteiger partial charge in [-0.2, -0.15) is 0 Å². The Morgan fingerprint density at radius 1 is 1.06 bits per heavy atom. The number of rotatable bonds is 6. The Morgan fingerprint density at radius 3 is 2.62 bits per heavy atom. The molecule has 0 fully saturated rings. The maximum atomic E-state index is 13.3. The van der Waals surface area contributed by atoms with Crippen LogP contribution in [0.1, 0.15) is 11.1 Å². The van der Waals surface area contributed by atoms with E-state index < -0.39 is 0 Å². The van der Waals surface area contributed by atoms with Crippen molar-refractivity contribution in [3.63, 3.8) is 0 Å². The molecule has 3 aromatic rings. The Labute approximate surface area is 204 Å². The molecule has 3 aromatic carbocycles. The number of hydrogen-bond acceptors (Lipinski definition) is 3. The van der Waals surface area contributed by atoms with Crippen molar-refractivity contribution in [2.45, 2.75) is 11.3 Å². The molecule has 0 spiro atoms. The van der Waals surface area contributed by atoms with Crippen molar-refractivity contribution in [1.29, 1.82) is 0 Å². The normalized spacial score (nSPS) is 14.4. The first-order valence-electron chi connectivity index (χ1n) is 10.1. The van der Waals surface area contributed by atoms with Crippen LogP contribution in [0.15, 0.2) is 87.1 Å². The molecule has 4 nitrogen and oxygen atoms in total. The molecule has 0 aromatic heterocycles. The lowest BCUT2D eigenvalue weighted by molar-refractivity contribution is -0.122. The number of thioether (sulfide) groups is 1. The zero-order valence-electron chi connectivity index (χ0n) is 17.1. The van der Waals surface area contributed by atoms with Gasteiger partial charge in [0.15, 0.2) is 0 Å². The highest BCUT2D eigenvalue weighted by molar-refractivity contribution is 9.10. The number of nitrogens with one attached hydrogen (secondary N) is 1. The number of amides is 2. The highest BCUT2D eigenvalue weighted by Gasteiger charge is 2.30. The molecule has 7 heteroatoms. The number of carbonyl (C=O) groups excluding carboxylic acids is 2. The topological polar surface area (TPSA) is 49.4 Å². The Hall–Kier alpha value is -2.54. The maximum Gasteiger partial charge on any atom is 0.265 e. The molecule has 32 heavy (non-hydrogen) atoms. The number of halogens is 2. The van der Waals surface area contributed by atoms with Gasteiger partial charge in [0.2, 0.25) is 5.91 Å². The van der Waals surface area contributed by atoms with Gasteiger partial charge in [-0.3, -0.25) is 14.5 Å². The van der Waals surface area contributed by atoms with Gasteiger partial charge in [-0.15, -0.1) is 0 Å². The van der Waals surface area contributed by atoms with E-state index in [9.17, 15) is 9.59 Å². The van der Waals surface area contributed by atoms with Gasteiger partial charge >= 0.3 is 0 Å². The second-order valence-corrected chi connectivity index (χ2v) is 9.69. The molecule has 1 aliphatic heterocycles. The standard InChI is InChI=1S/C25H20BrClN2O2S/c26-19-5-3-4-18(14-19)15-23-25(31)29(21-6-1-2-7-22(21)32-23)16-24(30)28-13-12-17-8-10-20(27)11-9-17/h1-11,14-15H,12-13,16H2,(H,28,30). The first kappa shape index (κ1) is 22.6. The summed E-state index contributed by atoms with van der Waals surface area (Å²) in [5, 5.41) is 3.60. The summed E-state index contributed by atoms with van der Waals surface area (Å²) in [6.45, 7) is 0.451. The fourth-order valence-corrected chi connectivity index (χ4v) is 4.97. The van der Waals surface area contributed by atoms with Crippen LogP contribution < -0.4 is 10.2 Å². The summed E-state index contributed by atoms with van der Waals surface area (Å²) in [4.78, 5) is 29.0. The van der Waals surface area contributed by atoms with E-state index in [4.69, 9.17) is 11.6 Å². The first-order chi connectivity index (χ1) is 15.5. The van der Waals surface area contributed by atoms with Crippen molar-refractivity contribution < 1.29 is 9.59 Å². The van der Waals surface area contributed by atoms with Crippen molar-refractivity contribution in [2.24, 2.45) is 0 Å². The molecule has 0 radical (unpaired) electrons. The summed E-state index contributed by atoms with van der Waals surface area (Å²) in [7, 11) is 0. The molecular weight excluding hydrogens is 508 g/mol. The smallest absolute Gasteiger partial charge is 0.265 e. The molecule has 0 aliphatic carbocycles. The third-order valence-corrected chi connectivity index (χ3v) is 6.75. The Bertz CT molecular complexity index is 1180. The highest BCUT2D eigenvalue weighted by atomic mass is 79.9. The number of para-hydroxylation sites is 1. The Kier molecular flexibility index (Phi) is 7.35. The molecule has 4 rings (SSSR count). The lowest BCUT2D eigenvalue weighted by Gasteiger charge is -2.29. The summed E-state index contributed by atoms with van der Waals surface area (Å²) in [6.07, 6.45) is 2.55. The van der Waals surface area contributed by atoms with Gasteiger partial charge in [0.05, 0.1) is 10.6 Å². The van der Waals surface area contributed by atoms with Gasteiger partial charge in [0, 0.05) is 20.9 Å². The van der Waals surface area contributed by atoms with E-state index in [2.05, 4.69) is 21.2 Å². The largest absolute Gasteiger partial charge is 0.354 e. The number of benzene rings is 3. The molecule has 1 heterocycles. The molecule has 2 amide bonds. The molecule has 162 valence electrons. The van der Waals surface area contributed by atoms with E-state index >= 15 is 0 Å². The second-order valence-electron chi connectivity index (χ2n) is 7.25. The highest BCUT2D eigenvalue weighted by Crippen LogP contribution is 2.42. The van der Waals surface area contributed by atoms with Crippen LogP contribution in [0.4, 0.5) is 5.69 Å². The average molecular weight is 528 g/mol. The zero-order valence-corrected chi connectivity index (χ0v) is 20.2. The minimum absolute atomic E-state index is 0.0349. The SMILES string of the molecule is O=C(CN1C(=O)C(=Cc2cccc(Br)c2)Sc2ccccc21)NCCc1ccc(Cl)cc1. The molecule has 0 saturated heterocycles. The van der Waals surface area contributed by atoms with E-state index in [1.807, 2.05) is 78.9 Å². The van der Waals surface area contributed by atoms with Gasteiger partial charge < -0.3 is 5.32 Å². The summed E-state index contributed by atoms with van der Waals surface area (Å²) >= 11 is 10.8. The van der Waals surface area contributed by atoms with Gasteiger partial charge in [0.1, 0.15) is 6.54 Å². The van der Waals surface area contributed by atoms with E-state index in [1.54, 1.807) is 4.90 Å². The van der Waals surface area contributed by atoms with Gasteiger partial charge in [0.25, 0.3) is 5.91 Å². The number of carbonyl (C=O) groups is 2. The Balaban J connectivity index is 1.48. The average Bonchev–Trinajstić information content (AvgIpc) is 2.78. The Morgan fingerprint density at radius 2 is 1.84 bits per heavy atom. The zero-order chi connectivity index (χ0) is 22.5. The van der Waals surface area contributed by atoms with Crippen LogP contribution in [0, 0.1) is 0 Å². The third-order valence-electron chi connectivity index (χ3n) is 4.93. The van der Waals surface area contributed by atoms with Crippen LogP contribution in [0.3, 0.4) is 0 Å². The van der Waals surface area contributed by atoms with E-state index in [0.717, 1.165) is 26.2 Å². The van der Waals surface area contributed by atoms with Crippen molar-refractivity contribution in [1.82, 2.24) is 5.32 Å². The minimum atomic E-state index is -0.198. The fraction of sp³-hybridized carbons (Fsp3) is 0.120. The predicted molar refractivity (Wildman–Crippen MR) is 135 cm³/mol. The molecule has 0 atom stereocenters. The molecular formula is C25H20BrClN2O2S. The van der Waals surface area contributed by atoms with Crippen LogP contribution in [-0.4, -0.2) is 24.9 Å². The van der Waals surface area contributed by atoms with E-state index in [-0.39, 0.29) is 18.4 Å². The van der Waals surface area contributed by atoms with Crippen LogP contribution >= 0.6 is 39.3 Å². The monoisotopic (exact) mass is 526 g/mol. The van der Waals surface area contributed by atoms with Crippen LogP contribution in [0.2, 0.25) is 5.02 Å². The molecule has 0 bridgehead atoms. The van der Waals surface area contributed by atoms with Crippen molar-refractivity contribution in [3.8, 4) is 0 Å². The number of anilines is 1. The quantitative estimate of drug-likeness (QED) is 0.404. The fourth-order valence-electron chi connectivity index (χ4n) is 3.36. The summed E-state index contributed by atoms with van der Waals surface area (Å²) in [6, 6.07) is 23.0. The number of nitrogens with zero attached hydrogens (tertiary/aromatic N) is 1. The van der Waals surface area contributed by atoms with Crippen LogP contribution in [0.25, 0.3) is 6.08 Å². The second kappa shape index (κ2) is 10.4. The lowest BCUT2D eigenvalue weighted by Crippen LogP contribution is -2.43. The summed E-state index contributed by atoms with van der Waals surface area (Å²) in [5.74, 6) is -0.377. The first-order valence-corrected chi connectivity index (χ1v) is 12.1.